The Hall–Kier alpha value is -0.590. The van der Waals surface area contributed by atoms with E-state index in [1.165, 1.54) is 69.5 Å². The summed E-state index contributed by atoms with van der Waals surface area (Å²) in [6.07, 6.45) is 13.2. The smallest absolute Gasteiger partial charge is 0.146 e. The van der Waals surface area contributed by atoms with Gasteiger partial charge < -0.3 is 4.90 Å². The van der Waals surface area contributed by atoms with Crippen LogP contribution in [0.2, 0.25) is 0 Å². The van der Waals surface area contributed by atoms with Crippen LogP contribution in [0, 0.1) is 17.8 Å². The molecule has 0 aromatic heterocycles. The second-order valence-corrected chi connectivity index (χ2v) is 11.2. The fourth-order valence-corrected chi connectivity index (χ4v) is 6.95. The number of thioether (sulfide) groups is 1. The molecule has 1 N–H and O–H groups in total. The van der Waals surface area contributed by atoms with E-state index < -0.39 is 0 Å². The van der Waals surface area contributed by atoms with Crippen LogP contribution in [0.15, 0.2) is 10.1 Å². The number of hydrogen-bond donors (Lipinski definition) is 1. The highest BCUT2D eigenvalue weighted by molar-refractivity contribution is 8.00. The van der Waals surface area contributed by atoms with Crippen LogP contribution >= 0.6 is 11.8 Å². The molecule has 4 aliphatic rings. The van der Waals surface area contributed by atoms with Gasteiger partial charge in [-0.3, -0.25) is 15.3 Å². The van der Waals surface area contributed by atoms with Gasteiger partial charge >= 0.3 is 0 Å². The van der Waals surface area contributed by atoms with E-state index in [4.69, 9.17) is 10.1 Å². The Morgan fingerprint density at radius 3 is 2.86 bits per heavy atom. The number of rotatable bonds is 8. The fraction of sp³-hybridized carbons (Fsp3) is 0.913. The van der Waals surface area contributed by atoms with Crippen molar-refractivity contribution in [1.82, 2.24) is 15.2 Å². The van der Waals surface area contributed by atoms with E-state index in [2.05, 4.69) is 54.1 Å². The van der Waals surface area contributed by atoms with E-state index in [1.54, 1.807) is 0 Å². The molecule has 5 nitrogen and oxygen atoms in total. The van der Waals surface area contributed by atoms with Crippen LogP contribution in [0.3, 0.4) is 0 Å². The molecule has 164 valence electrons. The number of aliphatic imine (C=N–C) groups is 1. The first-order valence-corrected chi connectivity index (χ1v) is 13.1. The largest absolute Gasteiger partial charge is 0.305 e. The minimum atomic E-state index is 0.215. The first-order chi connectivity index (χ1) is 14.1. The summed E-state index contributed by atoms with van der Waals surface area (Å²) in [6, 6.07) is 0. The van der Waals surface area contributed by atoms with Crippen LogP contribution < -0.4 is 5.32 Å². The average Bonchev–Trinajstić information content (AvgIpc) is 3.35. The quantitative estimate of drug-likeness (QED) is 0.603. The molecule has 0 bridgehead atoms. The standard InChI is InChI=1S/C23H41N5S/c1-17-8-4-5-10-20(17)21-14-22(28-23(26-21)18(2)15-25-28)24-11-7-12-27(3)16-19-9-6-13-29-19/h15,17-20,22-24H,4-14,16H2,1-3H3. The lowest BCUT2D eigenvalue weighted by atomic mass is 9.76. The van der Waals surface area contributed by atoms with Crippen molar-refractivity contribution in [3.05, 3.63) is 0 Å². The summed E-state index contributed by atoms with van der Waals surface area (Å²) in [4.78, 5) is 7.76. The van der Waals surface area contributed by atoms with Gasteiger partial charge in [0.1, 0.15) is 12.3 Å². The fourth-order valence-electron chi connectivity index (χ4n) is 5.59. The Morgan fingerprint density at radius 2 is 2.07 bits per heavy atom. The average molecular weight is 420 g/mol. The molecule has 1 saturated heterocycles. The Morgan fingerprint density at radius 1 is 1.21 bits per heavy atom. The maximum atomic E-state index is 5.23. The second kappa shape index (κ2) is 10.1. The molecule has 0 aromatic carbocycles. The molecule has 0 amide bonds. The summed E-state index contributed by atoms with van der Waals surface area (Å²) in [5.74, 6) is 3.26. The lowest BCUT2D eigenvalue weighted by Crippen LogP contribution is -2.53. The summed E-state index contributed by atoms with van der Waals surface area (Å²) in [6.45, 7) is 8.19. The third-order valence-electron chi connectivity index (χ3n) is 7.37. The topological polar surface area (TPSA) is 43.2 Å². The van der Waals surface area contributed by atoms with Crippen LogP contribution in [0.5, 0.6) is 0 Å². The van der Waals surface area contributed by atoms with Crippen LogP contribution in [0.1, 0.15) is 65.2 Å². The molecule has 3 heterocycles. The zero-order valence-electron chi connectivity index (χ0n) is 18.7. The molecule has 0 aromatic rings. The van der Waals surface area contributed by atoms with Crippen molar-refractivity contribution in [1.29, 1.82) is 0 Å². The van der Waals surface area contributed by atoms with Crippen molar-refractivity contribution in [2.75, 3.05) is 32.4 Å². The van der Waals surface area contributed by atoms with Gasteiger partial charge in [0.15, 0.2) is 0 Å². The second-order valence-electron chi connectivity index (χ2n) is 9.83. The van der Waals surface area contributed by atoms with Gasteiger partial charge in [-0.1, -0.05) is 33.1 Å². The molecule has 29 heavy (non-hydrogen) atoms. The van der Waals surface area contributed by atoms with Crippen molar-refractivity contribution in [3.63, 3.8) is 0 Å². The summed E-state index contributed by atoms with van der Waals surface area (Å²) in [5, 5.41) is 11.7. The zero-order valence-corrected chi connectivity index (χ0v) is 19.5. The molecule has 6 atom stereocenters. The molecule has 4 rings (SSSR count). The highest BCUT2D eigenvalue weighted by Gasteiger charge is 2.39. The van der Waals surface area contributed by atoms with E-state index in [1.807, 2.05) is 0 Å². The lowest BCUT2D eigenvalue weighted by Gasteiger charge is -2.40. The Bertz CT molecular complexity index is 588. The Labute approximate surface area is 182 Å². The Balaban J connectivity index is 1.28. The Kier molecular flexibility index (Phi) is 7.57. The number of nitrogens with zero attached hydrogens (tertiary/aromatic N) is 4. The maximum absolute atomic E-state index is 5.23. The minimum absolute atomic E-state index is 0.215. The van der Waals surface area contributed by atoms with E-state index in [9.17, 15) is 0 Å². The predicted octanol–water partition coefficient (Wildman–Crippen LogP) is 4.05. The van der Waals surface area contributed by atoms with Crippen LogP contribution in [0.4, 0.5) is 0 Å². The molecule has 1 aliphatic carbocycles. The van der Waals surface area contributed by atoms with E-state index in [-0.39, 0.29) is 6.17 Å². The molecule has 1 saturated carbocycles. The molecule has 6 unspecified atom stereocenters. The van der Waals surface area contributed by atoms with Crippen molar-refractivity contribution in [3.8, 4) is 0 Å². The predicted molar refractivity (Wildman–Crippen MR) is 126 cm³/mol. The van der Waals surface area contributed by atoms with Gasteiger partial charge in [0.25, 0.3) is 0 Å². The molecule has 2 fully saturated rings. The van der Waals surface area contributed by atoms with Crippen LogP contribution in [0.25, 0.3) is 0 Å². The summed E-state index contributed by atoms with van der Waals surface area (Å²) in [5.41, 5.74) is 1.48. The van der Waals surface area contributed by atoms with Crippen molar-refractivity contribution >= 4 is 23.7 Å². The first kappa shape index (κ1) is 21.6. The van der Waals surface area contributed by atoms with Crippen LogP contribution in [-0.4, -0.2) is 71.9 Å². The summed E-state index contributed by atoms with van der Waals surface area (Å²) < 4.78 is 0. The highest BCUT2D eigenvalue weighted by Crippen LogP contribution is 2.36. The maximum Gasteiger partial charge on any atom is 0.146 e. The third-order valence-corrected chi connectivity index (χ3v) is 8.75. The molecular weight excluding hydrogens is 378 g/mol. The molecule has 0 radical (unpaired) electrons. The van der Waals surface area contributed by atoms with Gasteiger partial charge in [0.05, 0.1) is 0 Å². The highest BCUT2D eigenvalue weighted by atomic mass is 32.2. The van der Waals surface area contributed by atoms with Gasteiger partial charge in [0.2, 0.25) is 0 Å². The van der Waals surface area contributed by atoms with Gasteiger partial charge in [-0.05, 0) is 63.4 Å². The van der Waals surface area contributed by atoms with Crippen molar-refractivity contribution in [2.24, 2.45) is 27.8 Å². The number of hydrogen-bond acceptors (Lipinski definition) is 6. The van der Waals surface area contributed by atoms with Crippen molar-refractivity contribution < 1.29 is 0 Å². The van der Waals surface area contributed by atoms with Gasteiger partial charge in [-0.25, -0.2) is 0 Å². The SMILES string of the molecule is CC1C=NN2C(NCCCN(C)CC3CCCS3)CC(C3CCCCC3C)=NC12. The van der Waals surface area contributed by atoms with Gasteiger partial charge in [-0.2, -0.15) is 16.9 Å². The van der Waals surface area contributed by atoms with Crippen LogP contribution in [-0.2, 0) is 0 Å². The monoisotopic (exact) mass is 419 g/mol. The molecule has 0 spiro atoms. The van der Waals surface area contributed by atoms with Gasteiger partial charge in [0, 0.05) is 36.1 Å². The third kappa shape index (κ3) is 5.37. The normalized spacial score (nSPS) is 37.2. The molecule has 3 aliphatic heterocycles. The van der Waals surface area contributed by atoms with E-state index >= 15 is 0 Å². The number of fused-ring (bicyclic) bond motifs is 1. The van der Waals surface area contributed by atoms with Gasteiger partial charge in [-0.15, -0.1) is 0 Å². The molecular formula is C23H41N5S. The van der Waals surface area contributed by atoms with Crippen molar-refractivity contribution in [2.45, 2.75) is 82.8 Å². The number of hydrazone groups is 1. The minimum Gasteiger partial charge on any atom is -0.305 e. The zero-order chi connectivity index (χ0) is 20.2. The van der Waals surface area contributed by atoms with E-state index in [0.29, 0.717) is 18.0 Å². The first-order valence-electron chi connectivity index (χ1n) is 12.0. The van der Waals surface area contributed by atoms with E-state index in [0.717, 1.165) is 24.1 Å². The lowest BCUT2D eigenvalue weighted by molar-refractivity contribution is 0.109. The summed E-state index contributed by atoms with van der Waals surface area (Å²) in [7, 11) is 2.29. The molecule has 6 heteroatoms. The summed E-state index contributed by atoms with van der Waals surface area (Å²) >= 11 is 2.16. The number of nitrogens with one attached hydrogen (secondary N) is 1.